The van der Waals surface area contributed by atoms with E-state index < -0.39 is 23.7 Å². The predicted molar refractivity (Wildman–Crippen MR) is 62.2 cm³/mol. The largest absolute Gasteiger partial charge is 0.444 e. The van der Waals surface area contributed by atoms with E-state index in [1.54, 1.807) is 20.8 Å². The summed E-state index contributed by atoms with van der Waals surface area (Å²) < 4.78 is 5.26. The molecular weight excluding hydrogens is 220 g/mol. The maximum atomic E-state index is 11.8. The van der Waals surface area contributed by atoms with Gasteiger partial charge in [-0.3, -0.25) is 0 Å². The minimum absolute atomic E-state index is 0.243. The lowest BCUT2D eigenvalue weighted by Crippen LogP contribution is -2.40. The van der Waals surface area contributed by atoms with Crippen molar-refractivity contribution < 1.29 is 14.6 Å². The molecule has 5 nitrogen and oxygen atoms in total. The second-order valence-electron chi connectivity index (χ2n) is 5.37. The van der Waals surface area contributed by atoms with Gasteiger partial charge in [0.15, 0.2) is 0 Å². The minimum Gasteiger partial charge on any atom is -0.444 e. The van der Waals surface area contributed by atoms with Crippen LogP contribution in [-0.4, -0.2) is 40.9 Å². The Kier molecular flexibility index (Phi) is 4.35. The monoisotopic (exact) mass is 240 g/mol. The SMILES string of the molecule is CC(C)(C)OC(=O)N1CCC[C@H](O)[C@@H](C#N)C1. The zero-order chi connectivity index (χ0) is 13.1. The van der Waals surface area contributed by atoms with Crippen LogP contribution in [0.3, 0.4) is 0 Å². The second-order valence-corrected chi connectivity index (χ2v) is 5.37. The fourth-order valence-electron chi connectivity index (χ4n) is 1.76. The lowest BCUT2D eigenvalue weighted by atomic mass is 10.0. The Hall–Kier alpha value is -1.28. The van der Waals surface area contributed by atoms with Crippen molar-refractivity contribution in [3.63, 3.8) is 0 Å². The molecule has 1 heterocycles. The number of hydrogen-bond donors (Lipinski definition) is 1. The first-order valence-electron chi connectivity index (χ1n) is 5.89. The fourth-order valence-corrected chi connectivity index (χ4v) is 1.76. The summed E-state index contributed by atoms with van der Waals surface area (Å²) in [5.74, 6) is -0.523. The maximum absolute atomic E-state index is 11.8. The summed E-state index contributed by atoms with van der Waals surface area (Å²) in [6.45, 7) is 6.19. The van der Waals surface area contributed by atoms with Gasteiger partial charge in [0.2, 0.25) is 0 Å². The number of hydrogen-bond acceptors (Lipinski definition) is 4. The molecule has 1 aliphatic heterocycles. The van der Waals surface area contributed by atoms with Crippen molar-refractivity contribution in [1.29, 1.82) is 5.26 Å². The van der Waals surface area contributed by atoms with E-state index in [9.17, 15) is 9.90 Å². The molecule has 0 aromatic heterocycles. The number of aliphatic hydroxyl groups excluding tert-OH is 1. The number of likely N-dealkylation sites (tertiary alicyclic amines) is 1. The third-order valence-corrected chi connectivity index (χ3v) is 2.63. The van der Waals surface area contributed by atoms with Crippen molar-refractivity contribution in [2.45, 2.75) is 45.3 Å². The number of rotatable bonds is 0. The van der Waals surface area contributed by atoms with Crippen molar-refractivity contribution in [2.75, 3.05) is 13.1 Å². The summed E-state index contributed by atoms with van der Waals surface area (Å²) in [7, 11) is 0. The molecule has 17 heavy (non-hydrogen) atoms. The molecule has 0 aliphatic carbocycles. The predicted octanol–water partition coefficient (Wildman–Crippen LogP) is 1.52. The van der Waals surface area contributed by atoms with Crippen LogP contribution in [0.1, 0.15) is 33.6 Å². The van der Waals surface area contributed by atoms with Crippen LogP contribution in [0.15, 0.2) is 0 Å². The normalized spacial score (nSPS) is 25.9. The number of carbonyl (C=O) groups excluding carboxylic acids is 1. The number of aliphatic hydroxyl groups is 1. The number of ether oxygens (including phenoxy) is 1. The van der Waals surface area contributed by atoms with Gasteiger partial charge in [0.25, 0.3) is 0 Å². The van der Waals surface area contributed by atoms with Gasteiger partial charge in [-0.2, -0.15) is 5.26 Å². The Labute approximate surface area is 102 Å². The van der Waals surface area contributed by atoms with Crippen LogP contribution >= 0.6 is 0 Å². The van der Waals surface area contributed by atoms with Crippen molar-refractivity contribution >= 4 is 6.09 Å². The standard InChI is InChI=1S/C12H20N2O3/c1-12(2,3)17-11(16)14-6-4-5-10(15)9(7-13)8-14/h9-10,15H,4-6,8H2,1-3H3/t9-,10-/m0/s1. The molecule has 1 amide bonds. The highest BCUT2D eigenvalue weighted by atomic mass is 16.6. The Balaban J connectivity index is 2.65. The summed E-state index contributed by atoms with van der Waals surface area (Å²) in [6.07, 6.45) is 0.190. The molecule has 0 saturated carbocycles. The van der Waals surface area contributed by atoms with Gasteiger partial charge < -0.3 is 14.7 Å². The van der Waals surface area contributed by atoms with Crippen LogP contribution in [0.5, 0.6) is 0 Å². The van der Waals surface area contributed by atoms with Crippen molar-refractivity contribution in [3.05, 3.63) is 0 Å². The first-order valence-corrected chi connectivity index (χ1v) is 5.89. The van der Waals surface area contributed by atoms with E-state index in [1.165, 1.54) is 4.90 Å². The molecule has 1 aliphatic rings. The molecule has 0 unspecified atom stereocenters. The van der Waals surface area contributed by atoms with Crippen LogP contribution in [0.2, 0.25) is 0 Å². The molecule has 1 N–H and O–H groups in total. The number of carbonyl (C=O) groups is 1. The summed E-state index contributed by atoms with van der Waals surface area (Å²) in [4.78, 5) is 13.4. The summed E-state index contributed by atoms with van der Waals surface area (Å²) in [5.41, 5.74) is -0.538. The van der Waals surface area contributed by atoms with Crippen LogP contribution in [0, 0.1) is 17.2 Å². The molecule has 0 bridgehead atoms. The fraction of sp³-hybridized carbons (Fsp3) is 0.833. The van der Waals surface area contributed by atoms with Crippen LogP contribution in [-0.2, 0) is 4.74 Å². The van der Waals surface area contributed by atoms with Gasteiger partial charge in [-0.15, -0.1) is 0 Å². The van der Waals surface area contributed by atoms with Gasteiger partial charge in [-0.25, -0.2) is 4.79 Å². The lowest BCUT2D eigenvalue weighted by molar-refractivity contribution is 0.0228. The second kappa shape index (κ2) is 5.37. The van der Waals surface area contributed by atoms with Crippen molar-refractivity contribution in [2.24, 2.45) is 5.92 Å². The lowest BCUT2D eigenvalue weighted by Gasteiger charge is -2.27. The van der Waals surface area contributed by atoms with Crippen molar-refractivity contribution in [1.82, 2.24) is 4.90 Å². The first kappa shape index (κ1) is 13.8. The Morgan fingerprint density at radius 2 is 2.18 bits per heavy atom. The quantitative estimate of drug-likeness (QED) is 0.696. The molecule has 0 aromatic carbocycles. The average Bonchev–Trinajstić information content (AvgIpc) is 2.37. The number of nitrogens with zero attached hydrogens (tertiary/aromatic N) is 2. The molecular formula is C12H20N2O3. The van der Waals surface area contributed by atoms with E-state index in [1.807, 2.05) is 6.07 Å². The van der Waals surface area contributed by atoms with Gasteiger partial charge in [-0.05, 0) is 33.6 Å². The molecule has 0 spiro atoms. The van der Waals surface area contributed by atoms with E-state index in [0.717, 1.165) is 0 Å². The Bertz CT molecular complexity index is 317. The Morgan fingerprint density at radius 3 is 2.71 bits per heavy atom. The summed E-state index contributed by atoms with van der Waals surface area (Å²) >= 11 is 0. The van der Waals surface area contributed by atoms with Gasteiger partial charge in [0.05, 0.1) is 18.1 Å². The van der Waals surface area contributed by atoms with Crippen LogP contribution < -0.4 is 0 Å². The Morgan fingerprint density at radius 1 is 1.53 bits per heavy atom. The van der Waals surface area contributed by atoms with E-state index >= 15 is 0 Å². The van der Waals surface area contributed by atoms with Gasteiger partial charge >= 0.3 is 6.09 Å². The summed E-state index contributed by atoms with van der Waals surface area (Å²) in [5, 5.41) is 18.6. The van der Waals surface area contributed by atoms with E-state index in [4.69, 9.17) is 10.00 Å². The summed E-state index contributed by atoms with van der Waals surface area (Å²) in [6, 6.07) is 2.04. The maximum Gasteiger partial charge on any atom is 0.410 e. The van der Waals surface area contributed by atoms with Gasteiger partial charge in [0.1, 0.15) is 5.60 Å². The highest BCUT2D eigenvalue weighted by Crippen LogP contribution is 2.19. The van der Waals surface area contributed by atoms with Gasteiger partial charge in [0, 0.05) is 13.1 Å². The van der Waals surface area contributed by atoms with E-state index in [-0.39, 0.29) is 6.54 Å². The number of nitriles is 1. The molecule has 0 radical (unpaired) electrons. The molecule has 96 valence electrons. The first-order chi connectivity index (χ1) is 7.83. The smallest absolute Gasteiger partial charge is 0.410 e. The number of amides is 1. The zero-order valence-electron chi connectivity index (χ0n) is 10.6. The van der Waals surface area contributed by atoms with Crippen molar-refractivity contribution in [3.8, 4) is 6.07 Å². The average molecular weight is 240 g/mol. The molecule has 2 atom stereocenters. The van der Waals surface area contributed by atoms with Gasteiger partial charge in [-0.1, -0.05) is 0 Å². The molecule has 5 heteroatoms. The van der Waals surface area contributed by atoms with Crippen LogP contribution in [0.4, 0.5) is 4.79 Å². The highest BCUT2D eigenvalue weighted by molar-refractivity contribution is 5.68. The topological polar surface area (TPSA) is 73.6 Å². The molecule has 1 rings (SSSR count). The minimum atomic E-state index is -0.646. The molecule has 1 fully saturated rings. The highest BCUT2D eigenvalue weighted by Gasteiger charge is 2.30. The van der Waals surface area contributed by atoms with E-state index in [2.05, 4.69) is 0 Å². The van der Waals surface area contributed by atoms with Crippen LogP contribution in [0.25, 0.3) is 0 Å². The zero-order valence-corrected chi connectivity index (χ0v) is 10.6. The van der Waals surface area contributed by atoms with E-state index in [0.29, 0.717) is 19.4 Å². The third-order valence-electron chi connectivity index (χ3n) is 2.63. The third kappa shape index (κ3) is 4.23. The molecule has 0 aromatic rings. The molecule has 1 saturated heterocycles.